The van der Waals surface area contributed by atoms with Gasteiger partial charge in [0, 0.05) is 12.3 Å². The highest BCUT2D eigenvalue weighted by Gasteiger charge is 2.11. The minimum Gasteiger partial charge on any atom is -0.500 e. The van der Waals surface area contributed by atoms with Gasteiger partial charge < -0.3 is 4.74 Å². The van der Waals surface area contributed by atoms with E-state index in [-0.39, 0.29) is 17.5 Å². The van der Waals surface area contributed by atoms with Crippen LogP contribution >= 0.6 is 0 Å². The maximum atomic E-state index is 13.7. The van der Waals surface area contributed by atoms with Crippen molar-refractivity contribution in [2.24, 2.45) is 5.92 Å². The zero-order chi connectivity index (χ0) is 17.3. The van der Waals surface area contributed by atoms with Gasteiger partial charge in [-0.15, -0.1) is 0 Å². The smallest absolute Gasteiger partial charge is 0.163 e. The van der Waals surface area contributed by atoms with Gasteiger partial charge in [-0.25, -0.2) is 4.39 Å². The van der Waals surface area contributed by atoms with Crippen LogP contribution in [0.3, 0.4) is 0 Å². The molecule has 0 aliphatic carbocycles. The Morgan fingerprint density at radius 2 is 1.82 bits per heavy atom. The number of rotatable bonds is 8. The molecule has 122 valence electrons. The molecule has 3 heteroatoms. The van der Waals surface area contributed by atoms with Crippen LogP contribution in [-0.4, -0.2) is 12.9 Å². The Bertz CT molecular complexity index is 524. The van der Waals surface area contributed by atoms with E-state index in [1.807, 2.05) is 26.8 Å². The highest BCUT2D eigenvalue weighted by molar-refractivity contribution is 5.96. The lowest BCUT2D eigenvalue weighted by atomic mass is 9.97. The van der Waals surface area contributed by atoms with Gasteiger partial charge in [-0.05, 0) is 26.3 Å². The number of carbonyl (C=O) groups excluding carboxylic acids is 1. The van der Waals surface area contributed by atoms with Gasteiger partial charge in [0.2, 0.25) is 0 Å². The topological polar surface area (TPSA) is 26.3 Å². The molecule has 0 radical (unpaired) electrons. The first-order chi connectivity index (χ1) is 10.2. The molecular formula is C19H27FO2. The standard InChI is InChI=1S/C19H27FO2/c1-8-19(22-7)18(16(6)21)12-10-14(4)17(15(5)20)11-9-13(2)3/h9-12,14H,2,8H2,1,3-7H3/b11-9?,12-10?,17-15?,19-18-. The third-order valence-corrected chi connectivity index (χ3v) is 3.23. The zero-order valence-corrected chi connectivity index (χ0v) is 14.5. The first kappa shape index (κ1) is 20.1. The predicted molar refractivity (Wildman–Crippen MR) is 91.1 cm³/mol. The van der Waals surface area contributed by atoms with Crippen molar-refractivity contribution in [1.82, 2.24) is 0 Å². The number of ketones is 1. The molecule has 0 fully saturated rings. The molecule has 22 heavy (non-hydrogen) atoms. The lowest BCUT2D eigenvalue weighted by Gasteiger charge is -2.11. The molecule has 0 aromatic carbocycles. The second kappa shape index (κ2) is 9.93. The van der Waals surface area contributed by atoms with Crippen molar-refractivity contribution in [3.63, 3.8) is 0 Å². The Hall–Kier alpha value is -1.90. The van der Waals surface area contributed by atoms with Crippen molar-refractivity contribution in [3.05, 3.63) is 59.2 Å². The fourth-order valence-electron chi connectivity index (χ4n) is 2.01. The van der Waals surface area contributed by atoms with Crippen LogP contribution in [0.15, 0.2) is 59.2 Å². The molecule has 0 rings (SSSR count). The molecule has 0 saturated carbocycles. The molecule has 0 saturated heterocycles. The van der Waals surface area contributed by atoms with Crippen molar-refractivity contribution in [2.45, 2.75) is 41.0 Å². The molecule has 0 aliphatic heterocycles. The summed E-state index contributed by atoms with van der Waals surface area (Å²) in [7, 11) is 1.55. The van der Waals surface area contributed by atoms with E-state index in [0.29, 0.717) is 23.3 Å². The van der Waals surface area contributed by atoms with Crippen LogP contribution < -0.4 is 0 Å². The number of methoxy groups -OCH3 is 1. The van der Waals surface area contributed by atoms with Gasteiger partial charge in [-0.3, -0.25) is 4.79 Å². The van der Waals surface area contributed by atoms with Crippen LogP contribution in [0.4, 0.5) is 4.39 Å². The van der Waals surface area contributed by atoms with Gasteiger partial charge in [0.15, 0.2) is 5.78 Å². The summed E-state index contributed by atoms with van der Waals surface area (Å²) in [6.45, 7) is 12.4. The molecule has 0 aliphatic rings. The fourth-order valence-corrected chi connectivity index (χ4v) is 2.01. The highest BCUT2D eigenvalue weighted by Crippen LogP contribution is 2.21. The molecule has 1 atom stereocenters. The third-order valence-electron chi connectivity index (χ3n) is 3.23. The number of allylic oxidation sites excluding steroid dienone is 9. The second-order valence-electron chi connectivity index (χ2n) is 5.27. The molecule has 0 heterocycles. The minimum absolute atomic E-state index is 0.0675. The minimum atomic E-state index is -0.245. The first-order valence-corrected chi connectivity index (χ1v) is 7.40. The third kappa shape index (κ3) is 6.70. The SMILES string of the molecule is C=C(C)C=CC(=C(C)F)C(C)C=C/C(C(C)=O)=C(\CC)OC. The van der Waals surface area contributed by atoms with E-state index in [1.165, 1.54) is 13.8 Å². The molecule has 1 unspecified atom stereocenters. The molecular weight excluding hydrogens is 279 g/mol. The summed E-state index contributed by atoms with van der Waals surface area (Å²) in [5.74, 6) is 0.161. The Labute approximate surface area is 133 Å². The lowest BCUT2D eigenvalue weighted by Crippen LogP contribution is -2.02. The molecule has 0 spiro atoms. The van der Waals surface area contributed by atoms with E-state index in [0.717, 1.165) is 5.57 Å². The molecule has 0 amide bonds. The predicted octanol–water partition coefficient (Wildman–Crippen LogP) is 5.45. The van der Waals surface area contributed by atoms with E-state index in [9.17, 15) is 9.18 Å². The number of Topliss-reactive ketones (excluding diaryl/α,β-unsaturated/α-hetero) is 1. The Morgan fingerprint density at radius 1 is 1.23 bits per heavy atom. The van der Waals surface area contributed by atoms with E-state index >= 15 is 0 Å². The van der Waals surface area contributed by atoms with Gasteiger partial charge in [0.1, 0.15) is 11.6 Å². The monoisotopic (exact) mass is 306 g/mol. The summed E-state index contributed by atoms with van der Waals surface area (Å²) in [5.41, 5.74) is 1.95. The average Bonchev–Trinajstić information content (AvgIpc) is 2.42. The Morgan fingerprint density at radius 3 is 2.18 bits per heavy atom. The molecule has 0 aromatic heterocycles. The fraction of sp³-hybridized carbons (Fsp3) is 0.421. The van der Waals surface area contributed by atoms with Crippen LogP contribution in [0.2, 0.25) is 0 Å². The van der Waals surface area contributed by atoms with E-state index in [1.54, 1.807) is 25.3 Å². The van der Waals surface area contributed by atoms with Gasteiger partial charge in [-0.1, -0.05) is 50.3 Å². The number of carbonyl (C=O) groups is 1. The van der Waals surface area contributed by atoms with Gasteiger partial charge in [0.25, 0.3) is 0 Å². The molecule has 0 aromatic rings. The van der Waals surface area contributed by atoms with Crippen molar-refractivity contribution in [2.75, 3.05) is 7.11 Å². The quantitative estimate of drug-likeness (QED) is 0.338. The second-order valence-corrected chi connectivity index (χ2v) is 5.27. The van der Waals surface area contributed by atoms with Gasteiger partial charge in [0.05, 0.1) is 12.7 Å². The van der Waals surface area contributed by atoms with Crippen LogP contribution in [0.1, 0.15) is 41.0 Å². The molecule has 0 N–H and O–H groups in total. The van der Waals surface area contributed by atoms with Crippen molar-refractivity contribution in [3.8, 4) is 0 Å². The number of halogens is 1. The summed E-state index contributed by atoms with van der Waals surface area (Å²) in [5, 5.41) is 0. The van der Waals surface area contributed by atoms with E-state index < -0.39 is 0 Å². The maximum Gasteiger partial charge on any atom is 0.163 e. The summed E-state index contributed by atoms with van der Waals surface area (Å²) in [6, 6.07) is 0. The normalized spacial score (nSPS) is 15.6. The average molecular weight is 306 g/mol. The van der Waals surface area contributed by atoms with Crippen molar-refractivity contribution in [1.29, 1.82) is 0 Å². The van der Waals surface area contributed by atoms with Crippen LogP contribution in [0.25, 0.3) is 0 Å². The Kier molecular flexibility index (Phi) is 9.07. The van der Waals surface area contributed by atoms with Gasteiger partial charge >= 0.3 is 0 Å². The summed E-state index contributed by atoms with van der Waals surface area (Å²) in [6.07, 6.45) is 7.65. The van der Waals surface area contributed by atoms with Crippen LogP contribution in [0, 0.1) is 5.92 Å². The summed E-state index contributed by atoms with van der Waals surface area (Å²) in [4.78, 5) is 11.7. The molecule has 2 nitrogen and oxygen atoms in total. The zero-order valence-electron chi connectivity index (χ0n) is 14.5. The van der Waals surface area contributed by atoms with Crippen LogP contribution in [-0.2, 0) is 9.53 Å². The summed E-state index contributed by atoms with van der Waals surface area (Å²) >= 11 is 0. The lowest BCUT2D eigenvalue weighted by molar-refractivity contribution is -0.113. The van der Waals surface area contributed by atoms with Gasteiger partial charge in [-0.2, -0.15) is 0 Å². The Balaban J connectivity index is 5.50. The van der Waals surface area contributed by atoms with E-state index in [2.05, 4.69) is 6.58 Å². The first-order valence-electron chi connectivity index (χ1n) is 7.40. The molecule has 0 bridgehead atoms. The van der Waals surface area contributed by atoms with Crippen molar-refractivity contribution < 1.29 is 13.9 Å². The maximum absolute atomic E-state index is 13.7. The van der Waals surface area contributed by atoms with Crippen molar-refractivity contribution >= 4 is 5.78 Å². The highest BCUT2D eigenvalue weighted by atomic mass is 19.1. The van der Waals surface area contributed by atoms with E-state index in [4.69, 9.17) is 4.74 Å². The van der Waals surface area contributed by atoms with Crippen LogP contribution in [0.5, 0.6) is 0 Å². The number of hydrogen-bond acceptors (Lipinski definition) is 2. The largest absolute Gasteiger partial charge is 0.500 e. The number of ether oxygens (including phenoxy) is 1. The summed E-state index contributed by atoms with van der Waals surface area (Å²) < 4.78 is 18.9. The number of hydrogen-bond donors (Lipinski definition) is 0.